The first-order valence-electron chi connectivity index (χ1n) is 11.2. The predicted molar refractivity (Wildman–Crippen MR) is 120 cm³/mol. The smallest absolute Gasteiger partial charge is 0.270 e. The zero-order valence-electron chi connectivity index (χ0n) is 18.6. The third-order valence-corrected chi connectivity index (χ3v) is 8.48. The van der Waals surface area contributed by atoms with Gasteiger partial charge in [0.05, 0.1) is 12.8 Å². The Kier molecular flexibility index (Phi) is 6.21. The van der Waals surface area contributed by atoms with Gasteiger partial charge in [-0.25, -0.2) is 13.1 Å². The van der Waals surface area contributed by atoms with Crippen molar-refractivity contribution in [3.63, 3.8) is 0 Å². The van der Waals surface area contributed by atoms with Crippen LogP contribution in [0.3, 0.4) is 0 Å². The number of piperidine rings is 1. The number of rotatable bonds is 5. The number of fused-ring (bicyclic) bond motifs is 1. The molecule has 2 aliphatic rings. The van der Waals surface area contributed by atoms with Crippen LogP contribution in [-0.2, 0) is 29.4 Å². The minimum atomic E-state index is -3.69. The molecule has 0 spiro atoms. The zero-order valence-corrected chi connectivity index (χ0v) is 19.4. The first kappa shape index (κ1) is 22.0. The summed E-state index contributed by atoms with van der Waals surface area (Å²) < 4.78 is 35.5. The molecule has 0 N–H and O–H groups in total. The molecule has 31 heavy (non-hydrogen) atoms. The van der Waals surface area contributed by atoms with Crippen LogP contribution in [0.5, 0.6) is 5.75 Å². The number of benzene rings is 1. The molecule has 1 fully saturated rings. The van der Waals surface area contributed by atoms with Crippen molar-refractivity contribution in [2.75, 3.05) is 20.2 Å². The zero-order chi connectivity index (χ0) is 22.2. The third-order valence-electron chi connectivity index (χ3n) is 6.56. The Morgan fingerprint density at radius 1 is 1.13 bits per heavy atom. The Bertz CT molecular complexity index is 1130. The summed E-state index contributed by atoms with van der Waals surface area (Å²) in [6.07, 6.45) is 5.25. The summed E-state index contributed by atoms with van der Waals surface area (Å²) in [4.78, 5) is 12.9. The Hall–Kier alpha value is -2.19. The highest BCUT2D eigenvalue weighted by Gasteiger charge is 2.31. The molecule has 8 heteroatoms. The highest BCUT2D eigenvalue weighted by Crippen LogP contribution is 2.35. The van der Waals surface area contributed by atoms with Crippen molar-refractivity contribution in [3.05, 3.63) is 39.7 Å². The number of nitrogens with zero attached hydrogens (tertiary/aromatic N) is 3. The van der Waals surface area contributed by atoms with Gasteiger partial charge in [-0.1, -0.05) is 6.92 Å². The number of sulfonamides is 1. The average molecular weight is 446 g/mol. The first-order chi connectivity index (χ1) is 14.9. The third kappa shape index (κ3) is 4.03. The standard InChI is InChI=1S/C23H31N3O4S/c1-4-26-23(27)19-8-6-5-7-18(19)22(24-26)17-9-10-20(30-3)21(15-17)31(28,29)25-13-11-16(2)12-14-25/h9-10,15-16H,4-8,11-14H2,1-3H3. The van der Waals surface area contributed by atoms with Crippen LogP contribution in [0.1, 0.15) is 50.7 Å². The van der Waals surface area contributed by atoms with E-state index < -0.39 is 10.0 Å². The molecule has 1 aromatic heterocycles. The predicted octanol–water partition coefficient (Wildman–Crippen LogP) is 3.24. The van der Waals surface area contributed by atoms with Gasteiger partial charge in [0, 0.05) is 30.8 Å². The molecule has 1 aromatic carbocycles. The quantitative estimate of drug-likeness (QED) is 0.706. The number of hydrogen-bond acceptors (Lipinski definition) is 5. The van der Waals surface area contributed by atoms with Crippen molar-refractivity contribution in [2.24, 2.45) is 5.92 Å². The van der Waals surface area contributed by atoms with Crippen molar-refractivity contribution >= 4 is 10.0 Å². The van der Waals surface area contributed by atoms with E-state index in [0.717, 1.165) is 49.7 Å². The second-order valence-corrected chi connectivity index (χ2v) is 10.5. The second kappa shape index (κ2) is 8.74. The number of aromatic nitrogens is 2. The fourth-order valence-electron chi connectivity index (χ4n) is 4.62. The summed E-state index contributed by atoms with van der Waals surface area (Å²) >= 11 is 0. The number of ether oxygens (including phenoxy) is 1. The lowest BCUT2D eigenvalue weighted by molar-refractivity contribution is 0.287. The van der Waals surface area contributed by atoms with Crippen LogP contribution in [-0.4, -0.2) is 42.7 Å². The van der Waals surface area contributed by atoms with Gasteiger partial charge in [-0.15, -0.1) is 0 Å². The van der Waals surface area contributed by atoms with Crippen LogP contribution in [0.15, 0.2) is 27.9 Å². The largest absolute Gasteiger partial charge is 0.495 e. The number of hydrogen-bond donors (Lipinski definition) is 0. The van der Waals surface area contributed by atoms with Crippen molar-refractivity contribution in [2.45, 2.75) is 63.8 Å². The van der Waals surface area contributed by atoms with E-state index in [4.69, 9.17) is 4.74 Å². The van der Waals surface area contributed by atoms with E-state index in [9.17, 15) is 13.2 Å². The minimum absolute atomic E-state index is 0.0234. The molecule has 2 heterocycles. The lowest BCUT2D eigenvalue weighted by Crippen LogP contribution is -2.38. The van der Waals surface area contributed by atoms with Gasteiger partial charge < -0.3 is 4.74 Å². The van der Waals surface area contributed by atoms with Gasteiger partial charge in [0.15, 0.2) is 0 Å². The Balaban J connectivity index is 1.85. The molecule has 1 saturated heterocycles. The van der Waals surface area contributed by atoms with Crippen LogP contribution in [0.4, 0.5) is 0 Å². The molecule has 4 rings (SSSR count). The Labute approximate surface area is 184 Å². The maximum absolute atomic E-state index is 13.5. The lowest BCUT2D eigenvalue weighted by atomic mass is 9.90. The van der Waals surface area contributed by atoms with Crippen LogP contribution in [0, 0.1) is 5.92 Å². The van der Waals surface area contributed by atoms with E-state index in [1.54, 1.807) is 16.4 Å². The van der Waals surface area contributed by atoms with E-state index in [-0.39, 0.29) is 10.5 Å². The summed E-state index contributed by atoms with van der Waals surface area (Å²) in [5.41, 5.74) is 3.18. The highest BCUT2D eigenvalue weighted by atomic mass is 32.2. The first-order valence-corrected chi connectivity index (χ1v) is 12.6. The molecular weight excluding hydrogens is 414 g/mol. The van der Waals surface area contributed by atoms with E-state index in [0.29, 0.717) is 42.6 Å². The molecule has 2 aromatic rings. The maximum atomic E-state index is 13.5. The summed E-state index contributed by atoms with van der Waals surface area (Å²) in [5, 5.41) is 4.63. The van der Waals surface area contributed by atoms with Crippen LogP contribution in [0.25, 0.3) is 11.3 Å². The van der Waals surface area contributed by atoms with E-state index >= 15 is 0 Å². The second-order valence-electron chi connectivity index (χ2n) is 8.59. The average Bonchev–Trinajstić information content (AvgIpc) is 2.79. The van der Waals surface area contributed by atoms with Crippen LogP contribution < -0.4 is 10.3 Å². The molecule has 0 radical (unpaired) electrons. The van der Waals surface area contributed by atoms with Gasteiger partial charge in [0.2, 0.25) is 10.0 Å². The minimum Gasteiger partial charge on any atom is -0.495 e. The van der Waals surface area contributed by atoms with Gasteiger partial charge in [0.1, 0.15) is 10.6 Å². The van der Waals surface area contributed by atoms with Gasteiger partial charge in [-0.2, -0.15) is 9.40 Å². The molecule has 0 amide bonds. The number of aryl methyl sites for hydroxylation is 1. The monoisotopic (exact) mass is 445 g/mol. The maximum Gasteiger partial charge on any atom is 0.270 e. The lowest BCUT2D eigenvalue weighted by Gasteiger charge is -2.30. The molecule has 0 atom stereocenters. The van der Waals surface area contributed by atoms with E-state index in [1.807, 2.05) is 13.0 Å². The molecule has 0 saturated carbocycles. The summed E-state index contributed by atoms with van der Waals surface area (Å²) in [6, 6.07) is 5.22. The van der Waals surface area contributed by atoms with Crippen molar-refractivity contribution < 1.29 is 13.2 Å². The van der Waals surface area contributed by atoms with Crippen LogP contribution >= 0.6 is 0 Å². The number of methoxy groups -OCH3 is 1. The van der Waals surface area contributed by atoms with Gasteiger partial charge in [0.25, 0.3) is 5.56 Å². The van der Waals surface area contributed by atoms with Gasteiger partial charge in [-0.05, 0) is 75.1 Å². The summed E-state index contributed by atoms with van der Waals surface area (Å²) in [7, 11) is -2.20. The molecule has 7 nitrogen and oxygen atoms in total. The van der Waals surface area contributed by atoms with Crippen molar-refractivity contribution in [1.29, 1.82) is 0 Å². The Morgan fingerprint density at radius 3 is 2.45 bits per heavy atom. The fourth-order valence-corrected chi connectivity index (χ4v) is 6.27. The Morgan fingerprint density at radius 2 is 1.81 bits per heavy atom. The highest BCUT2D eigenvalue weighted by molar-refractivity contribution is 7.89. The molecular formula is C23H31N3O4S. The van der Waals surface area contributed by atoms with Crippen molar-refractivity contribution in [3.8, 4) is 17.0 Å². The molecule has 0 bridgehead atoms. The molecule has 1 aliphatic heterocycles. The summed E-state index contributed by atoms with van der Waals surface area (Å²) in [6.45, 7) is 5.57. The summed E-state index contributed by atoms with van der Waals surface area (Å²) in [5.74, 6) is 0.866. The van der Waals surface area contributed by atoms with E-state index in [2.05, 4.69) is 12.0 Å². The fraction of sp³-hybridized carbons (Fsp3) is 0.565. The normalized spacial score (nSPS) is 18.0. The van der Waals surface area contributed by atoms with Gasteiger partial charge in [-0.3, -0.25) is 4.79 Å². The van der Waals surface area contributed by atoms with Crippen molar-refractivity contribution in [1.82, 2.24) is 14.1 Å². The van der Waals surface area contributed by atoms with Gasteiger partial charge >= 0.3 is 0 Å². The molecule has 1 aliphatic carbocycles. The van der Waals surface area contributed by atoms with Crippen LogP contribution in [0.2, 0.25) is 0 Å². The molecule has 168 valence electrons. The molecule has 0 unspecified atom stereocenters. The van der Waals surface area contributed by atoms with E-state index in [1.165, 1.54) is 11.8 Å². The SMILES string of the molecule is CCn1nc(-c2ccc(OC)c(S(=O)(=O)N3CCC(C)CC3)c2)c2c(c1=O)CCCC2. The topological polar surface area (TPSA) is 81.5 Å².